The van der Waals surface area contributed by atoms with Gasteiger partial charge in [0.15, 0.2) is 11.5 Å². The zero-order valence-electron chi connectivity index (χ0n) is 9.99. The lowest BCUT2D eigenvalue weighted by Gasteiger charge is -2.17. The summed E-state index contributed by atoms with van der Waals surface area (Å²) in [6, 6.07) is 1.32. The third-order valence-electron chi connectivity index (χ3n) is 3.26. The highest BCUT2D eigenvalue weighted by atomic mass is 19.1. The van der Waals surface area contributed by atoms with Crippen LogP contribution in [0.15, 0.2) is 6.07 Å². The average molecular weight is 256 g/mol. The van der Waals surface area contributed by atoms with E-state index in [-0.39, 0.29) is 17.1 Å². The highest BCUT2D eigenvalue weighted by molar-refractivity contribution is 5.86. The van der Waals surface area contributed by atoms with E-state index in [4.69, 9.17) is 14.6 Å². The fraction of sp³-hybridized carbons (Fsp3) is 0.417. The fourth-order valence-corrected chi connectivity index (χ4v) is 2.03. The van der Waals surface area contributed by atoms with Crippen LogP contribution in [-0.4, -0.2) is 30.4 Å². The van der Waals surface area contributed by atoms with Crippen LogP contribution in [0.25, 0.3) is 0 Å². The Morgan fingerprint density at radius 2 is 2.00 bits per heavy atom. The summed E-state index contributed by atoms with van der Waals surface area (Å²) in [6.45, 7) is 0. The zero-order chi connectivity index (χ0) is 13.5. The second-order valence-corrected chi connectivity index (χ2v) is 4.21. The van der Waals surface area contributed by atoms with Gasteiger partial charge in [0.25, 0.3) is 0 Å². The first kappa shape index (κ1) is 12.5. The third kappa shape index (κ3) is 1.56. The topological polar surface area (TPSA) is 76.0 Å². The minimum absolute atomic E-state index is 0.0325. The van der Waals surface area contributed by atoms with Gasteiger partial charge in [0.05, 0.1) is 19.6 Å². The summed E-state index contributed by atoms with van der Waals surface area (Å²) in [7, 11) is 2.56. The molecule has 0 spiro atoms. The standard InChI is InChI=1S/C12H13FO5/c1-17-7-5-6(12(3-4-12)11(15)16)9(14)8(13)10(7)18-2/h5,14H,3-4H2,1-2H3,(H,15,16). The number of carbonyl (C=O) groups is 1. The van der Waals surface area contributed by atoms with Crippen molar-refractivity contribution in [3.8, 4) is 17.2 Å². The van der Waals surface area contributed by atoms with Gasteiger partial charge < -0.3 is 19.7 Å². The predicted octanol–water partition coefficient (Wildman–Crippen LogP) is 1.66. The van der Waals surface area contributed by atoms with Gasteiger partial charge in [0.1, 0.15) is 0 Å². The van der Waals surface area contributed by atoms with Crippen molar-refractivity contribution >= 4 is 5.97 Å². The first-order chi connectivity index (χ1) is 8.47. The van der Waals surface area contributed by atoms with Gasteiger partial charge in [-0.05, 0) is 18.9 Å². The fourth-order valence-electron chi connectivity index (χ4n) is 2.03. The van der Waals surface area contributed by atoms with Gasteiger partial charge in [-0.25, -0.2) is 0 Å². The summed E-state index contributed by atoms with van der Waals surface area (Å²) in [5, 5.41) is 18.9. The number of hydrogen-bond acceptors (Lipinski definition) is 4. The predicted molar refractivity (Wildman–Crippen MR) is 59.7 cm³/mol. The first-order valence-electron chi connectivity index (χ1n) is 5.35. The van der Waals surface area contributed by atoms with Gasteiger partial charge >= 0.3 is 5.97 Å². The van der Waals surface area contributed by atoms with E-state index in [9.17, 15) is 14.3 Å². The molecule has 0 radical (unpaired) electrons. The highest BCUT2D eigenvalue weighted by Gasteiger charge is 2.54. The Bertz CT molecular complexity index is 508. The number of carboxylic acids is 1. The molecular weight excluding hydrogens is 243 g/mol. The molecule has 98 valence electrons. The van der Waals surface area contributed by atoms with Crippen molar-refractivity contribution in [2.24, 2.45) is 0 Å². The first-order valence-corrected chi connectivity index (χ1v) is 5.35. The van der Waals surface area contributed by atoms with Crippen LogP contribution in [0.2, 0.25) is 0 Å². The molecule has 1 aliphatic rings. The second kappa shape index (κ2) is 4.04. The molecule has 1 aromatic carbocycles. The van der Waals surface area contributed by atoms with Gasteiger partial charge in [-0.15, -0.1) is 0 Å². The van der Waals surface area contributed by atoms with Crippen molar-refractivity contribution in [1.29, 1.82) is 0 Å². The molecule has 0 aromatic heterocycles. The summed E-state index contributed by atoms with van der Waals surface area (Å²) < 4.78 is 23.6. The van der Waals surface area contributed by atoms with Crippen LogP contribution >= 0.6 is 0 Å². The molecule has 2 N–H and O–H groups in total. The lowest BCUT2D eigenvalue weighted by molar-refractivity contribution is -0.140. The van der Waals surface area contributed by atoms with Gasteiger partial charge in [-0.1, -0.05) is 0 Å². The molecule has 1 aliphatic carbocycles. The summed E-state index contributed by atoms with van der Waals surface area (Å²) >= 11 is 0. The minimum atomic E-state index is -1.20. The number of ether oxygens (including phenoxy) is 2. The summed E-state index contributed by atoms with van der Waals surface area (Å²) in [5.74, 6) is -2.94. The molecule has 0 heterocycles. The zero-order valence-corrected chi connectivity index (χ0v) is 9.99. The van der Waals surface area contributed by atoms with E-state index in [0.29, 0.717) is 12.8 Å². The monoisotopic (exact) mass is 256 g/mol. The molecule has 1 saturated carbocycles. The molecule has 0 amide bonds. The normalized spacial score (nSPS) is 16.2. The largest absolute Gasteiger partial charge is 0.504 e. The Labute approximate surface area is 103 Å². The summed E-state index contributed by atoms with van der Waals surface area (Å²) in [6.07, 6.45) is 0.732. The van der Waals surface area contributed by atoms with Crippen LogP contribution in [0.3, 0.4) is 0 Å². The molecule has 18 heavy (non-hydrogen) atoms. The van der Waals surface area contributed by atoms with Gasteiger partial charge in [0, 0.05) is 5.56 Å². The second-order valence-electron chi connectivity index (χ2n) is 4.21. The van der Waals surface area contributed by atoms with Gasteiger partial charge in [-0.2, -0.15) is 4.39 Å². The van der Waals surface area contributed by atoms with Crippen LogP contribution in [0, 0.1) is 5.82 Å². The van der Waals surface area contributed by atoms with Crippen LogP contribution in [0.5, 0.6) is 17.2 Å². The van der Waals surface area contributed by atoms with E-state index in [0.717, 1.165) is 0 Å². The molecule has 1 aromatic rings. The maximum Gasteiger partial charge on any atom is 0.314 e. The average Bonchev–Trinajstić information content (AvgIpc) is 3.13. The molecule has 1 fully saturated rings. The summed E-state index contributed by atoms with van der Waals surface area (Å²) in [4.78, 5) is 11.2. The maximum absolute atomic E-state index is 13.9. The lowest BCUT2D eigenvalue weighted by atomic mass is 9.94. The quantitative estimate of drug-likeness (QED) is 0.856. The van der Waals surface area contributed by atoms with E-state index in [1.807, 2.05) is 0 Å². The number of carboxylic acid groups (broad SMARTS) is 1. The molecule has 0 saturated heterocycles. The molecule has 0 aliphatic heterocycles. The smallest absolute Gasteiger partial charge is 0.314 e. The van der Waals surface area contributed by atoms with Crippen LogP contribution in [0.1, 0.15) is 18.4 Å². The highest BCUT2D eigenvalue weighted by Crippen LogP contribution is 2.54. The Hall–Kier alpha value is -1.98. The molecule has 0 unspecified atom stereocenters. The Morgan fingerprint density at radius 3 is 2.39 bits per heavy atom. The molecular formula is C12H13FO5. The molecule has 0 atom stereocenters. The number of hydrogen-bond donors (Lipinski definition) is 2. The molecule has 5 nitrogen and oxygen atoms in total. The number of benzene rings is 1. The van der Waals surface area contributed by atoms with Crippen molar-refractivity contribution in [3.05, 3.63) is 17.4 Å². The van der Waals surface area contributed by atoms with E-state index in [2.05, 4.69) is 0 Å². The van der Waals surface area contributed by atoms with Gasteiger partial charge in [0.2, 0.25) is 11.6 Å². The number of phenolic OH excluding ortho intramolecular Hbond substituents is 1. The number of aliphatic carboxylic acids is 1. The Balaban J connectivity index is 2.63. The number of rotatable bonds is 4. The molecule has 2 rings (SSSR count). The summed E-state index contributed by atoms with van der Waals surface area (Å²) in [5.41, 5.74) is -1.17. The van der Waals surface area contributed by atoms with Crippen LogP contribution in [0.4, 0.5) is 4.39 Å². The van der Waals surface area contributed by atoms with E-state index < -0.39 is 23.0 Å². The van der Waals surface area contributed by atoms with Crippen molar-refractivity contribution in [2.75, 3.05) is 14.2 Å². The van der Waals surface area contributed by atoms with Crippen molar-refractivity contribution in [2.45, 2.75) is 18.3 Å². The third-order valence-corrected chi connectivity index (χ3v) is 3.26. The minimum Gasteiger partial charge on any atom is -0.504 e. The van der Waals surface area contributed by atoms with Crippen LogP contribution in [-0.2, 0) is 10.2 Å². The Morgan fingerprint density at radius 1 is 1.39 bits per heavy atom. The van der Waals surface area contributed by atoms with E-state index in [1.54, 1.807) is 0 Å². The number of aromatic hydroxyl groups is 1. The maximum atomic E-state index is 13.9. The van der Waals surface area contributed by atoms with Crippen molar-refractivity contribution in [1.82, 2.24) is 0 Å². The van der Waals surface area contributed by atoms with E-state index >= 15 is 0 Å². The van der Waals surface area contributed by atoms with E-state index in [1.165, 1.54) is 20.3 Å². The number of phenols is 1. The SMILES string of the molecule is COc1cc(C2(C(=O)O)CC2)c(O)c(F)c1OC. The van der Waals surface area contributed by atoms with Gasteiger partial charge in [-0.3, -0.25) is 4.79 Å². The number of methoxy groups -OCH3 is 2. The molecule has 0 bridgehead atoms. The van der Waals surface area contributed by atoms with Crippen molar-refractivity contribution < 1.29 is 28.9 Å². The molecule has 6 heteroatoms. The Kier molecular flexibility index (Phi) is 2.80. The van der Waals surface area contributed by atoms with Crippen molar-refractivity contribution in [3.63, 3.8) is 0 Å². The lowest BCUT2D eigenvalue weighted by Crippen LogP contribution is -2.20. The number of halogens is 1. The van der Waals surface area contributed by atoms with Crippen LogP contribution < -0.4 is 9.47 Å².